The number of hydrogen-bond acceptors (Lipinski definition) is 4. The molecule has 0 aromatic heterocycles. The molecule has 0 spiro atoms. The van der Waals surface area contributed by atoms with Crippen LogP contribution in [0.2, 0.25) is 0 Å². The first-order chi connectivity index (χ1) is 10.5. The first-order valence-electron chi connectivity index (χ1n) is 7.46. The lowest BCUT2D eigenvalue weighted by Crippen LogP contribution is -2.45. The molecule has 2 N–H and O–H groups in total. The van der Waals surface area contributed by atoms with Crippen molar-refractivity contribution in [2.45, 2.75) is 32.7 Å². The number of carbonyl (C=O) groups excluding carboxylic acids is 1. The standard InChI is InChI=1S/C16H21NO5/c1-3-10(2)14(16(19)20)17-15(18)11-5-6-12-13(9-11)22-8-4-7-21-12/h5-6,9-10,14H,3-4,7-8H2,1-2H3,(H,17,18)(H,19,20)/t10-,14-/m0/s1. The number of aliphatic carboxylic acids is 1. The molecule has 1 aromatic rings. The van der Waals surface area contributed by atoms with Crippen LogP contribution in [-0.4, -0.2) is 36.2 Å². The van der Waals surface area contributed by atoms with E-state index in [1.165, 1.54) is 0 Å². The zero-order chi connectivity index (χ0) is 16.1. The Balaban J connectivity index is 2.15. The van der Waals surface area contributed by atoms with Gasteiger partial charge in [-0.05, 0) is 24.1 Å². The molecule has 6 heteroatoms. The van der Waals surface area contributed by atoms with E-state index in [0.717, 1.165) is 6.42 Å². The van der Waals surface area contributed by atoms with Crippen molar-refractivity contribution in [1.82, 2.24) is 5.32 Å². The minimum absolute atomic E-state index is 0.151. The van der Waals surface area contributed by atoms with Crippen molar-refractivity contribution in [3.8, 4) is 11.5 Å². The lowest BCUT2D eigenvalue weighted by Gasteiger charge is -2.20. The van der Waals surface area contributed by atoms with E-state index >= 15 is 0 Å². The molecule has 0 saturated carbocycles. The van der Waals surface area contributed by atoms with Crippen molar-refractivity contribution in [2.24, 2.45) is 5.92 Å². The van der Waals surface area contributed by atoms with E-state index in [1.807, 2.05) is 6.92 Å². The maximum atomic E-state index is 12.3. The van der Waals surface area contributed by atoms with Gasteiger partial charge in [-0.15, -0.1) is 0 Å². The molecular weight excluding hydrogens is 286 g/mol. The number of rotatable bonds is 5. The van der Waals surface area contributed by atoms with Crippen molar-refractivity contribution in [1.29, 1.82) is 0 Å². The van der Waals surface area contributed by atoms with Crippen LogP contribution in [0.25, 0.3) is 0 Å². The highest BCUT2D eigenvalue weighted by Crippen LogP contribution is 2.30. The second-order valence-corrected chi connectivity index (χ2v) is 5.39. The van der Waals surface area contributed by atoms with Gasteiger partial charge in [-0.25, -0.2) is 4.79 Å². The van der Waals surface area contributed by atoms with Crippen LogP contribution < -0.4 is 14.8 Å². The number of amides is 1. The van der Waals surface area contributed by atoms with Gasteiger partial charge < -0.3 is 19.9 Å². The number of carboxylic acids is 1. The second-order valence-electron chi connectivity index (χ2n) is 5.39. The smallest absolute Gasteiger partial charge is 0.326 e. The van der Waals surface area contributed by atoms with E-state index < -0.39 is 17.9 Å². The van der Waals surface area contributed by atoms with Crippen LogP contribution in [0, 0.1) is 5.92 Å². The number of nitrogens with one attached hydrogen (secondary N) is 1. The minimum atomic E-state index is -1.03. The summed E-state index contributed by atoms with van der Waals surface area (Å²) in [5, 5.41) is 11.8. The SMILES string of the molecule is CC[C@H](C)[C@H](NC(=O)c1ccc2c(c1)OCCCO2)C(=O)O. The highest BCUT2D eigenvalue weighted by atomic mass is 16.5. The molecule has 2 rings (SSSR count). The molecule has 22 heavy (non-hydrogen) atoms. The summed E-state index contributed by atoms with van der Waals surface area (Å²) < 4.78 is 11.0. The Hall–Kier alpha value is -2.24. The number of ether oxygens (including phenoxy) is 2. The van der Waals surface area contributed by atoms with Crippen molar-refractivity contribution >= 4 is 11.9 Å². The number of hydrogen-bond donors (Lipinski definition) is 2. The number of carboxylic acid groups (broad SMARTS) is 1. The van der Waals surface area contributed by atoms with Gasteiger partial charge in [0.1, 0.15) is 6.04 Å². The first-order valence-corrected chi connectivity index (χ1v) is 7.46. The molecule has 0 bridgehead atoms. The molecule has 1 aliphatic heterocycles. The van der Waals surface area contributed by atoms with Crippen LogP contribution in [0.15, 0.2) is 18.2 Å². The first kappa shape index (κ1) is 16.1. The lowest BCUT2D eigenvalue weighted by atomic mass is 9.99. The Morgan fingerprint density at radius 2 is 1.95 bits per heavy atom. The third kappa shape index (κ3) is 3.69. The predicted octanol–water partition coefficient (Wildman–Crippen LogP) is 2.08. The van der Waals surface area contributed by atoms with Crippen LogP contribution in [0.4, 0.5) is 0 Å². The third-order valence-electron chi connectivity index (χ3n) is 3.78. The van der Waals surface area contributed by atoms with Crippen LogP contribution in [0.5, 0.6) is 11.5 Å². The van der Waals surface area contributed by atoms with Gasteiger partial charge in [0.2, 0.25) is 0 Å². The van der Waals surface area contributed by atoms with Gasteiger partial charge in [-0.1, -0.05) is 20.3 Å². The molecule has 2 atom stereocenters. The third-order valence-corrected chi connectivity index (χ3v) is 3.78. The van der Waals surface area contributed by atoms with Gasteiger partial charge in [0.25, 0.3) is 5.91 Å². The Morgan fingerprint density at radius 1 is 1.27 bits per heavy atom. The monoisotopic (exact) mass is 307 g/mol. The van der Waals surface area contributed by atoms with E-state index in [4.69, 9.17) is 9.47 Å². The fraction of sp³-hybridized carbons (Fsp3) is 0.500. The summed E-state index contributed by atoms with van der Waals surface area (Å²) in [7, 11) is 0. The Morgan fingerprint density at radius 3 is 2.59 bits per heavy atom. The van der Waals surface area contributed by atoms with E-state index in [0.29, 0.717) is 36.7 Å². The average Bonchev–Trinajstić information content (AvgIpc) is 2.75. The summed E-state index contributed by atoms with van der Waals surface area (Å²) in [5.41, 5.74) is 0.360. The molecule has 1 amide bonds. The van der Waals surface area contributed by atoms with Gasteiger partial charge in [-0.2, -0.15) is 0 Å². The van der Waals surface area contributed by atoms with Crippen LogP contribution in [0.3, 0.4) is 0 Å². The van der Waals surface area contributed by atoms with Crippen LogP contribution >= 0.6 is 0 Å². The van der Waals surface area contributed by atoms with Gasteiger partial charge in [0, 0.05) is 12.0 Å². The van der Waals surface area contributed by atoms with Crippen LogP contribution in [-0.2, 0) is 4.79 Å². The number of fused-ring (bicyclic) bond motifs is 1. The number of benzene rings is 1. The van der Waals surface area contributed by atoms with E-state index in [2.05, 4.69) is 5.32 Å². The topological polar surface area (TPSA) is 84.9 Å². The van der Waals surface area contributed by atoms with Gasteiger partial charge >= 0.3 is 5.97 Å². The molecule has 1 aromatic carbocycles. The molecule has 0 radical (unpaired) electrons. The Labute approximate surface area is 129 Å². The van der Waals surface area contributed by atoms with E-state index in [-0.39, 0.29) is 5.92 Å². The molecule has 0 aliphatic carbocycles. The summed E-state index contributed by atoms with van der Waals surface area (Å²) in [6, 6.07) is 3.96. The normalized spacial score (nSPS) is 16.3. The molecular formula is C16H21NO5. The molecule has 0 fully saturated rings. The zero-order valence-electron chi connectivity index (χ0n) is 12.8. The second kappa shape index (κ2) is 7.15. The molecule has 0 saturated heterocycles. The quantitative estimate of drug-likeness (QED) is 0.870. The maximum absolute atomic E-state index is 12.3. The molecule has 0 unspecified atom stereocenters. The number of carbonyl (C=O) groups is 2. The Kier molecular flexibility index (Phi) is 5.25. The highest BCUT2D eigenvalue weighted by molar-refractivity contribution is 5.97. The Bertz CT molecular complexity index is 557. The fourth-order valence-electron chi connectivity index (χ4n) is 2.21. The summed E-state index contributed by atoms with van der Waals surface area (Å²) in [4.78, 5) is 23.6. The van der Waals surface area contributed by atoms with Crippen molar-refractivity contribution < 1.29 is 24.2 Å². The predicted molar refractivity (Wildman–Crippen MR) is 80.4 cm³/mol. The molecule has 6 nitrogen and oxygen atoms in total. The maximum Gasteiger partial charge on any atom is 0.326 e. The van der Waals surface area contributed by atoms with Crippen molar-refractivity contribution in [2.75, 3.05) is 13.2 Å². The molecule has 1 heterocycles. The summed E-state index contributed by atoms with van der Waals surface area (Å²) >= 11 is 0. The zero-order valence-corrected chi connectivity index (χ0v) is 12.8. The van der Waals surface area contributed by atoms with Gasteiger partial charge in [-0.3, -0.25) is 4.79 Å². The highest BCUT2D eigenvalue weighted by Gasteiger charge is 2.26. The summed E-state index contributed by atoms with van der Waals surface area (Å²) in [5.74, 6) is -0.492. The lowest BCUT2D eigenvalue weighted by molar-refractivity contribution is -0.140. The van der Waals surface area contributed by atoms with Gasteiger partial charge in [0.15, 0.2) is 11.5 Å². The van der Waals surface area contributed by atoms with Crippen molar-refractivity contribution in [3.63, 3.8) is 0 Å². The largest absolute Gasteiger partial charge is 0.490 e. The molecule has 1 aliphatic rings. The fourth-order valence-corrected chi connectivity index (χ4v) is 2.21. The summed E-state index contributed by atoms with van der Waals surface area (Å²) in [6.45, 7) is 4.80. The van der Waals surface area contributed by atoms with Crippen LogP contribution in [0.1, 0.15) is 37.0 Å². The van der Waals surface area contributed by atoms with Gasteiger partial charge in [0.05, 0.1) is 13.2 Å². The van der Waals surface area contributed by atoms with E-state index in [9.17, 15) is 14.7 Å². The van der Waals surface area contributed by atoms with Crippen molar-refractivity contribution in [3.05, 3.63) is 23.8 Å². The van der Waals surface area contributed by atoms with E-state index in [1.54, 1.807) is 25.1 Å². The summed E-state index contributed by atoms with van der Waals surface area (Å²) in [6.07, 6.45) is 1.45. The molecule has 120 valence electrons. The minimum Gasteiger partial charge on any atom is -0.490 e. The average molecular weight is 307 g/mol.